The molecule has 60 valence electrons. The highest BCUT2D eigenvalue weighted by molar-refractivity contribution is 5.83. The lowest BCUT2D eigenvalue weighted by Crippen LogP contribution is -1.95. The van der Waals surface area contributed by atoms with Crippen LogP contribution in [0, 0.1) is 0 Å². The van der Waals surface area contributed by atoms with Crippen molar-refractivity contribution >= 4 is 11.6 Å². The molecule has 0 atom stereocenters. The van der Waals surface area contributed by atoms with E-state index < -0.39 is 0 Å². The van der Waals surface area contributed by atoms with Gasteiger partial charge in [-0.1, -0.05) is 13.8 Å². The van der Waals surface area contributed by atoms with Crippen molar-refractivity contribution in [3.8, 4) is 0 Å². The van der Waals surface area contributed by atoms with Crippen LogP contribution in [0.4, 0.5) is 0 Å². The number of rotatable bonds is 3. The molecule has 0 unspecified atom stereocenters. The van der Waals surface area contributed by atoms with E-state index in [0.29, 0.717) is 12.8 Å². The monoisotopic (exact) mass is 144 g/mol. The van der Waals surface area contributed by atoms with Crippen molar-refractivity contribution < 1.29 is 9.59 Å². The SMILES string of the molecule is CC.CC(=O)CCC(C)=O. The van der Waals surface area contributed by atoms with E-state index in [1.54, 1.807) is 0 Å². The predicted molar refractivity (Wildman–Crippen MR) is 41.9 cm³/mol. The molecule has 2 nitrogen and oxygen atoms in total. The van der Waals surface area contributed by atoms with Crippen molar-refractivity contribution in [1.29, 1.82) is 0 Å². The Hall–Kier alpha value is -0.660. The first-order valence-corrected chi connectivity index (χ1v) is 3.62. The first-order valence-electron chi connectivity index (χ1n) is 3.62. The Kier molecular flexibility index (Phi) is 10.1. The highest BCUT2D eigenvalue weighted by atomic mass is 16.1. The van der Waals surface area contributed by atoms with Gasteiger partial charge in [0.2, 0.25) is 0 Å². The summed E-state index contributed by atoms with van der Waals surface area (Å²) in [5.41, 5.74) is 0. The zero-order valence-corrected chi connectivity index (χ0v) is 7.23. The third-order valence-electron chi connectivity index (χ3n) is 0.829. The third-order valence-corrected chi connectivity index (χ3v) is 0.829. The quantitative estimate of drug-likeness (QED) is 0.606. The van der Waals surface area contributed by atoms with Crippen LogP contribution >= 0.6 is 0 Å². The number of hydrogen-bond donors (Lipinski definition) is 0. The molecule has 0 aliphatic carbocycles. The molecule has 0 fully saturated rings. The summed E-state index contributed by atoms with van der Waals surface area (Å²) in [6.45, 7) is 6.98. The highest BCUT2D eigenvalue weighted by Crippen LogP contribution is 1.89. The van der Waals surface area contributed by atoms with E-state index in [-0.39, 0.29) is 11.6 Å². The molecule has 10 heavy (non-hydrogen) atoms. The van der Waals surface area contributed by atoms with Crippen LogP contribution in [0.3, 0.4) is 0 Å². The maximum absolute atomic E-state index is 10.2. The summed E-state index contributed by atoms with van der Waals surface area (Å²) in [4.78, 5) is 20.4. The molecule has 0 heterocycles. The third kappa shape index (κ3) is 15.7. The predicted octanol–water partition coefficient (Wildman–Crippen LogP) is 1.97. The molecule has 0 aliphatic heterocycles. The normalized spacial score (nSPS) is 7.60. The van der Waals surface area contributed by atoms with Crippen molar-refractivity contribution in [2.75, 3.05) is 0 Å². The van der Waals surface area contributed by atoms with Crippen molar-refractivity contribution in [3.05, 3.63) is 0 Å². The molecule has 0 radical (unpaired) electrons. The fourth-order valence-corrected chi connectivity index (χ4v) is 0.352. The van der Waals surface area contributed by atoms with Gasteiger partial charge in [-0.2, -0.15) is 0 Å². The van der Waals surface area contributed by atoms with Gasteiger partial charge in [0.1, 0.15) is 11.6 Å². The summed E-state index contributed by atoms with van der Waals surface area (Å²) in [7, 11) is 0. The summed E-state index contributed by atoms with van der Waals surface area (Å²) in [5.74, 6) is 0.167. The van der Waals surface area contributed by atoms with E-state index in [1.165, 1.54) is 13.8 Å². The van der Waals surface area contributed by atoms with Gasteiger partial charge in [0, 0.05) is 12.8 Å². The van der Waals surface area contributed by atoms with Gasteiger partial charge in [0.05, 0.1) is 0 Å². The van der Waals surface area contributed by atoms with Gasteiger partial charge >= 0.3 is 0 Å². The molecule has 0 amide bonds. The van der Waals surface area contributed by atoms with Gasteiger partial charge in [-0.05, 0) is 13.8 Å². The Morgan fingerprint density at radius 1 is 0.900 bits per heavy atom. The van der Waals surface area contributed by atoms with Gasteiger partial charge < -0.3 is 9.59 Å². The van der Waals surface area contributed by atoms with Crippen LogP contribution < -0.4 is 0 Å². The second kappa shape index (κ2) is 8.34. The summed E-state index contributed by atoms with van der Waals surface area (Å²) in [6, 6.07) is 0. The van der Waals surface area contributed by atoms with Gasteiger partial charge in [-0.25, -0.2) is 0 Å². The van der Waals surface area contributed by atoms with Crippen LogP contribution in [0.15, 0.2) is 0 Å². The van der Waals surface area contributed by atoms with E-state index in [1.807, 2.05) is 13.8 Å². The number of carbonyl (C=O) groups excluding carboxylic acids is 2. The molecular weight excluding hydrogens is 128 g/mol. The summed E-state index contributed by atoms with van der Waals surface area (Å²) < 4.78 is 0. The van der Waals surface area contributed by atoms with Crippen molar-refractivity contribution in [1.82, 2.24) is 0 Å². The van der Waals surface area contributed by atoms with Gasteiger partial charge in [-0.15, -0.1) is 0 Å². The zero-order valence-electron chi connectivity index (χ0n) is 7.23. The molecule has 0 aliphatic rings. The molecule has 0 saturated carbocycles. The maximum atomic E-state index is 10.2. The van der Waals surface area contributed by atoms with E-state index in [0.717, 1.165) is 0 Å². The molecule has 0 aromatic carbocycles. The second-order valence-corrected chi connectivity index (χ2v) is 1.90. The molecule has 0 saturated heterocycles. The zero-order chi connectivity index (χ0) is 8.57. The summed E-state index contributed by atoms with van der Waals surface area (Å²) in [5, 5.41) is 0. The molecule has 0 bridgehead atoms. The standard InChI is InChI=1S/C6H10O2.C2H6/c1-5(7)3-4-6(2)8;1-2/h3-4H2,1-2H3;1-2H3. The number of Topliss-reactive ketones (excluding diaryl/α,β-unsaturated/α-hetero) is 2. The Labute approximate surface area is 62.6 Å². The first-order chi connectivity index (χ1) is 4.63. The Bertz CT molecular complexity index is 91.8. The first kappa shape index (κ1) is 12.1. The van der Waals surface area contributed by atoms with E-state index in [9.17, 15) is 9.59 Å². The lowest BCUT2D eigenvalue weighted by Gasteiger charge is -1.86. The van der Waals surface area contributed by atoms with E-state index in [2.05, 4.69) is 0 Å². The maximum Gasteiger partial charge on any atom is 0.130 e. The smallest absolute Gasteiger partial charge is 0.130 e. The number of hydrogen-bond acceptors (Lipinski definition) is 2. The summed E-state index contributed by atoms with van der Waals surface area (Å²) >= 11 is 0. The van der Waals surface area contributed by atoms with Crippen molar-refractivity contribution in [2.45, 2.75) is 40.5 Å². The average Bonchev–Trinajstić information content (AvgIpc) is 1.89. The van der Waals surface area contributed by atoms with Crippen LogP contribution in [0.2, 0.25) is 0 Å². The lowest BCUT2D eigenvalue weighted by atomic mass is 10.2. The largest absolute Gasteiger partial charge is 0.300 e. The Balaban J connectivity index is 0. The number of carbonyl (C=O) groups is 2. The molecular formula is C8H16O2. The lowest BCUT2D eigenvalue weighted by molar-refractivity contribution is -0.122. The van der Waals surface area contributed by atoms with Gasteiger partial charge in [0.25, 0.3) is 0 Å². The summed E-state index contributed by atoms with van der Waals surface area (Å²) in [6.07, 6.45) is 0.796. The average molecular weight is 144 g/mol. The Morgan fingerprint density at radius 3 is 1.20 bits per heavy atom. The molecule has 0 N–H and O–H groups in total. The topological polar surface area (TPSA) is 34.1 Å². The van der Waals surface area contributed by atoms with Gasteiger partial charge in [0.15, 0.2) is 0 Å². The fraction of sp³-hybridized carbons (Fsp3) is 0.750. The highest BCUT2D eigenvalue weighted by Gasteiger charge is 1.95. The molecule has 2 heteroatoms. The second-order valence-electron chi connectivity index (χ2n) is 1.90. The molecule has 0 spiro atoms. The van der Waals surface area contributed by atoms with E-state index >= 15 is 0 Å². The van der Waals surface area contributed by atoms with Crippen LogP contribution in [0.25, 0.3) is 0 Å². The van der Waals surface area contributed by atoms with Crippen LogP contribution in [-0.4, -0.2) is 11.6 Å². The number of ketones is 2. The van der Waals surface area contributed by atoms with Crippen LogP contribution in [0.5, 0.6) is 0 Å². The Morgan fingerprint density at radius 2 is 1.10 bits per heavy atom. The van der Waals surface area contributed by atoms with Gasteiger partial charge in [-0.3, -0.25) is 0 Å². The minimum absolute atomic E-state index is 0.0835. The molecule has 0 rings (SSSR count). The fourth-order valence-electron chi connectivity index (χ4n) is 0.352. The van der Waals surface area contributed by atoms with Crippen LogP contribution in [-0.2, 0) is 9.59 Å². The molecule has 0 aromatic heterocycles. The van der Waals surface area contributed by atoms with E-state index in [4.69, 9.17) is 0 Å². The minimum Gasteiger partial charge on any atom is -0.300 e. The van der Waals surface area contributed by atoms with Crippen molar-refractivity contribution in [3.63, 3.8) is 0 Å². The minimum atomic E-state index is 0.0835. The van der Waals surface area contributed by atoms with Crippen molar-refractivity contribution in [2.24, 2.45) is 0 Å². The van der Waals surface area contributed by atoms with Crippen LogP contribution in [0.1, 0.15) is 40.5 Å². The molecule has 0 aromatic rings.